The fourth-order valence-electron chi connectivity index (χ4n) is 4.15. The van der Waals surface area contributed by atoms with Crippen LogP contribution in [0.3, 0.4) is 0 Å². The van der Waals surface area contributed by atoms with Gasteiger partial charge >= 0.3 is 0 Å². The first-order valence-electron chi connectivity index (χ1n) is 12.6. The van der Waals surface area contributed by atoms with E-state index in [0.29, 0.717) is 4.99 Å². The summed E-state index contributed by atoms with van der Waals surface area (Å²) in [6, 6.07) is 15.4. The van der Waals surface area contributed by atoms with Crippen LogP contribution in [0.25, 0.3) is 17.2 Å². The Bertz CT molecular complexity index is 1250. The molecule has 2 aromatic carbocycles. The molecule has 0 radical (unpaired) electrons. The van der Waals surface area contributed by atoms with Crippen LogP contribution in [0.15, 0.2) is 109 Å². The second-order valence-corrected chi connectivity index (χ2v) is 11.0. The minimum absolute atomic E-state index is 0.131. The highest BCUT2D eigenvalue weighted by atomic mass is 32.1. The number of thiocarbonyl (C=S) groups is 1. The first kappa shape index (κ1) is 29.8. The Hall–Kier alpha value is -3.43. The van der Waals surface area contributed by atoms with E-state index in [-0.39, 0.29) is 5.41 Å². The van der Waals surface area contributed by atoms with Crippen molar-refractivity contribution in [3.05, 3.63) is 120 Å². The average Bonchev–Trinajstić information content (AvgIpc) is 2.84. The molecular weight excluding hydrogens is 468 g/mol. The van der Waals surface area contributed by atoms with Crippen molar-refractivity contribution in [3.8, 4) is 11.1 Å². The Balaban J connectivity index is 2.53. The zero-order valence-corrected chi connectivity index (χ0v) is 24.4. The highest BCUT2D eigenvalue weighted by Gasteiger charge is 2.24. The molecule has 0 fully saturated rings. The number of nitrogens with one attached hydrogen (secondary N) is 1. The summed E-state index contributed by atoms with van der Waals surface area (Å²) in [5.41, 5.74) is 10.0. The number of rotatable bonds is 11. The topological polar surface area (TPSA) is 15.3 Å². The molecule has 3 heteroatoms. The summed E-state index contributed by atoms with van der Waals surface area (Å²) < 4.78 is 0. The first-order chi connectivity index (χ1) is 17.4. The molecule has 37 heavy (non-hydrogen) atoms. The summed E-state index contributed by atoms with van der Waals surface area (Å²) in [4.78, 5) is 2.82. The molecule has 2 aromatic rings. The maximum Gasteiger partial charge on any atom is 0.0765 e. The van der Waals surface area contributed by atoms with Crippen molar-refractivity contribution < 1.29 is 0 Å². The van der Waals surface area contributed by atoms with Crippen LogP contribution >= 0.6 is 12.2 Å². The highest BCUT2D eigenvalue weighted by molar-refractivity contribution is 7.80. The number of hydrogen-bond acceptors (Lipinski definition) is 2. The standard InChI is InChI=1S/C34H42N2S/c1-11-12-13-14-24(2)26(4)34(7,8)23-31-16-15-30(29-17-19-33(20-18-29)36(9)10)22-32(31)21-25(3)27(5)35-28(6)37/h11-22H,1,4-5,23H2,2-3,6-10H3,(H,35,37)/b13-12-,24-14+,25-21-. The second-order valence-electron chi connectivity index (χ2n) is 10.4. The number of anilines is 1. The molecule has 0 bridgehead atoms. The Morgan fingerprint density at radius 3 is 2.14 bits per heavy atom. The SMILES string of the molecule is C=C/C=C\C=C(/C)C(=C)C(C)(C)Cc1ccc(-c2ccc(N(C)C)cc2)cc1/C=C(/C)C(=C)NC(C)=S. The van der Waals surface area contributed by atoms with E-state index >= 15 is 0 Å². The zero-order chi connectivity index (χ0) is 27.8. The van der Waals surface area contributed by atoms with Crippen molar-refractivity contribution in [1.82, 2.24) is 5.32 Å². The molecule has 0 saturated carbocycles. The summed E-state index contributed by atoms with van der Waals surface area (Å²) in [6.07, 6.45) is 10.9. The fourth-order valence-corrected chi connectivity index (χ4v) is 4.27. The molecule has 0 amide bonds. The van der Waals surface area contributed by atoms with E-state index in [1.165, 1.54) is 33.5 Å². The molecule has 0 aromatic heterocycles. The predicted octanol–water partition coefficient (Wildman–Crippen LogP) is 9.09. The molecule has 0 spiro atoms. The van der Waals surface area contributed by atoms with E-state index in [0.717, 1.165) is 23.3 Å². The smallest absolute Gasteiger partial charge is 0.0765 e. The van der Waals surface area contributed by atoms with E-state index in [2.05, 4.69) is 126 Å². The molecule has 194 valence electrons. The van der Waals surface area contributed by atoms with Gasteiger partial charge in [0.1, 0.15) is 0 Å². The third kappa shape index (κ3) is 8.58. The number of allylic oxidation sites excluding steroid dienone is 7. The van der Waals surface area contributed by atoms with E-state index in [9.17, 15) is 0 Å². The fraction of sp³-hybridized carbons (Fsp3) is 0.265. The lowest BCUT2D eigenvalue weighted by Gasteiger charge is -2.29. The van der Waals surface area contributed by atoms with E-state index < -0.39 is 0 Å². The van der Waals surface area contributed by atoms with Gasteiger partial charge in [-0.3, -0.25) is 0 Å². The third-order valence-electron chi connectivity index (χ3n) is 6.56. The van der Waals surface area contributed by atoms with Crippen molar-refractivity contribution in [3.63, 3.8) is 0 Å². The summed E-state index contributed by atoms with van der Waals surface area (Å²) in [5.74, 6) is 0. The molecule has 0 atom stereocenters. The van der Waals surface area contributed by atoms with Crippen LogP contribution in [-0.2, 0) is 6.42 Å². The van der Waals surface area contributed by atoms with Crippen molar-refractivity contribution in [2.75, 3.05) is 19.0 Å². The lowest BCUT2D eigenvalue weighted by molar-refractivity contribution is 0.450. The van der Waals surface area contributed by atoms with Gasteiger partial charge < -0.3 is 10.2 Å². The molecule has 2 nitrogen and oxygen atoms in total. The van der Waals surface area contributed by atoms with Gasteiger partial charge in [-0.25, -0.2) is 0 Å². The van der Waals surface area contributed by atoms with Crippen LogP contribution in [-0.4, -0.2) is 19.1 Å². The van der Waals surface area contributed by atoms with Gasteiger partial charge in [-0.2, -0.15) is 0 Å². The van der Waals surface area contributed by atoms with Gasteiger partial charge in [0.25, 0.3) is 0 Å². The van der Waals surface area contributed by atoms with Crippen LogP contribution < -0.4 is 10.2 Å². The molecular formula is C34H42N2S. The van der Waals surface area contributed by atoms with Gasteiger partial charge in [-0.05, 0) is 95.9 Å². The number of hydrogen-bond donors (Lipinski definition) is 1. The average molecular weight is 511 g/mol. The largest absolute Gasteiger partial charge is 0.378 e. The Morgan fingerprint density at radius 2 is 1.57 bits per heavy atom. The van der Waals surface area contributed by atoms with Crippen LogP contribution in [0.4, 0.5) is 5.69 Å². The summed E-state index contributed by atoms with van der Waals surface area (Å²) in [7, 11) is 4.11. The number of benzene rings is 2. The van der Waals surface area contributed by atoms with Crippen molar-refractivity contribution >= 4 is 29.0 Å². The summed E-state index contributed by atoms with van der Waals surface area (Å²) in [6.45, 7) is 23.0. The molecule has 0 aliphatic carbocycles. The van der Waals surface area contributed by atoms with Crippen molar-refractivity contribution in [1.29, 1.82) is 0 Å². The lowest BCUT2D eigenvalue weighted by Crippen LogP contribution is -2.19. The van der Waals surface area contributed by atoms with Crippen molar-refractivity contribution in [2.24, 2.45) is 5.41 Å². The summed E-state index contributed by atoms with van der Waals surface area (Å²) >= 11 is 5.23. The van der Waals surface area contributed by atoms with Crippen LogP contribution in [0.5, 0.6) is 0 Å². The van der Waals surface area contributed by atoms with E-state index in [1.54, 1.807) is 6.08 Å². The molecule has 0 unspecified atom stereocenters. The van der Waals surface area contributed by atoms with E-state index in [4.69, 9.17) is 12.2 Å². The predicted molar refractivity (Wildman–Crippen MR) is 170 cm³/mol. The van der Waals surface area contributed by atoms with Crippen LogP contribution in [0.1, 0.15) is 45.7 Å². The zero-order valence-electron chi connectivity index (χ0n) is 23.6. The maximum absolute atomic E-state index is 5.23. The minimum Gasteiger partial charge on any atom is -0.378 e. The highest BCUT2D eigenvalue weighted by Crippen LogP contribution is 2.36. The van der Waals surface area contributed by atoms with Crippen LogP contribution in [0, 0.1) is 5.41 Å². The molecule has 0 aliphatic heterocycles. The molecule has 0 aliphatic rings. The van der Waals surface area contributed by atoms with Crippen LogP contribution in [0.2, 0.25) is 0 Å². The van der Waals surface area contributed by atoms with Gasteiger partial charge in [0.05, 0.1) is 4.99 Å². The van der Waals surface area contributed by atoms with Gasteiger partial charge in [-0.1, -0.05) is 94.4 Å². The molecule has 2 rings (SSSR count). The summed E-state index contributed by atoms with van der Waals surface area (Å²) in [5, 5.41) is 3.18. The van der Waals surface area contributed by atoms with Gasteiger partial charge in [0.2, 0.25) is 0 Å². The normalized spacial score (nSPS) is 12.4. The Morgan fingerprint density at radius 1 is 0.946 bits per heavy atom. The Kier molecular flexibility index (Phi) is 10.6. The van der Waals surface area contributed by atoms with Gasteiger partial charge in [0.15, 0.2) is 0 Å². The van der Waals surface area contributed by atoms with Gasteiger partial charge in [0, 0.05) is 25.5 Å². The third-order valence-corrected chi connectivity index (χ3v) is 6.66. The molecule has 1 N–H and O–H groups in total. The lowest BCUT2D eigenvalue weighted by atomic mass is 9.75. The quantitative estimate of drug-likeness (QED) is 0.240. The molecule has 0 heterocycles. The van der Waals surface area contributed by atoms with Gasteiger partial charge in [-0.15, -0.1) is 0 Å². The minimum atomic E-state index is -0.131. The van der Waals surface area contributed by atoms with E-state index in [1.807, 2.05) is 19.1 Å². The first-order valence-corrected chi connectivity index (χ1v) is 13.0. The monoisotopic (exact) mass is 510 g/mol. The molecule has 0 saturated heterocycles. The number of nitrogens with zero attached hydrogens (tertiary/aromatic N) is 1. The second kappa shape index (κ2) is 13.2. The van der Waals surface area contributed by atoms with Crippen molar-refractivity contribution in [2.45, 2.75) is 41.0 Å². The Labute approximate surface area is 230 Å². The maximum atomic E-state index is 5.23.